The third-order valence-electron chi connectivity index (χ3n) is 4.54. The Bertz CT molecular complexity index is 813. The van der Waals surface area contributed by atoms with E-state index in [0.717, 1.165) is 23.5 Å². The van der Waals surface area contributed by atoms with Crippen molar-refractivity contribution in [1.82, 2.24) is 15.2 Å². The molecule has 6 nitrogen and oxygen atoms in total. The molecule has 0 spiro atoms. The van der Waals surface area contributed by atoms with Crippen molar-refractivity contribution in [2.24, 2.45) is 0 Å². The van der Waals surface area contributed by atoms with Gasteiger partial charge in [0.05, 0.1) is 6.20 Å². The Morgan fingerprint density at radius 2 is 2.04 bits per heavy atom. The van der Waals surface area contributed by atoms with Crippen LogP contribution in [0.5, 0.6) is 0 Å². The van der Waals surface area contributed by atoms with Gasteiger partial charge in [-0.15, -0.1) is 0 Å². The maximum absolute atomic E-state index is 12.8. The molecule has 0 bridgehead atoms. The average molecular weight is 346 g/mol. The van der Waals surface area contributed by atoms with E-state index in [1.54, 1.807) is 37.4 Å². The molecular weight excluding hydrogens is 330 g/mol. The van der Waals surface area contributed by atoms with Crippen LogP contribution < -0.4 is 5.32 Å². The first-order chi connectivity index (χ1) is 11.5. The second-order valence-corrected chi connectivity index (χ2v) is 6.82. The fourth-order valence-electron chi connectivity index (χ4n) is 2.91. The van der Waals surface area contributed by atoms with Crippen LogP contribution in [0.25, 0.3) is 0 Å². The van der Waals surface area contributed by atoms with Crippen molar-refractivity contribution in [3.05, 3.63) is 52.7 Å². The minimum Gasteiger partial charge on any atom is -0.443 e. The average Bonchev–Trinajstić information content (AvgIpc) is 3.26. The third-order valence-corrected chi connectivity index (χ3v) is 4.79. The molecule has 124 valence electrons. The van der Waals surface area contributed by atoms with E-state index in [-0.39, 0.29) is 12.5 Å². The number of halogens is 1. The Morgan fingerprint density at radius 1 is 1.33 bits per heavy atom. The second kappa shape index (κ2) is 5.34. The van der Waals surface area contributed by atoms with Crippen LogP contribution in [0.3, 0.4) is 0 Å². The monoisotopic (exact) mass is 345 g/mol. The SMILES string of the molecule is CC1(c2ccc(Cl)cc2)NC(=O)N(Cc2ncc(C3CC3)o2)C1=O. The number of aromatic nitrogens is 1. The number of carbonyl (C=O) groups excluding carboxylic acids is 2. The van der Waals surface area contributed by atoms with Crippen LogP contribution in [0.15, 0.2) is 34.9 Å². The van der Waals surface area contributed by atoms with Gasteiger partial charge in [0.2, 0.25) is 5.89 Å². The number of hydrogen-bond donors (Lipinski definition) is 1. The van der Waals surface area contributed by atoms with Gasteiger partial charge in [0.1, 0.15) is 17.8 Å². The number of carbonyl (C=O) groups is 2. The van der Waals surface area contributed by atoms with Crippen LogP contribution in [-0.2, 0) is 16.9 Å². The predicted molar refractivity (Wildman–Crippen MR) is 86.4 cm³/mol. The summed E-state index contributed by atoms with van der Waals surface area (Å²) in [5.41, 5.74) is -0.438. The molecule has 2 aromatic rings. The summed E-state index contributed by atoms with van der Waals surface area (Å²) in [6, 6.07) is 6.41. The topological polar surface area (TPSA) is 75.4 Å². The number of rotatable bonds is 4. The van der Waals surface area contributed by atoms with Gasteiger partial charge in [-0.1, -0.05) is 23.7 Å². The lowest BCUT2D eigenvalue weighted by Gasteiger charge is -2.22. The number of amides is 3. The smallest absolute Gasteiger partial charge is 0.325 e. The van der Waals surface area contributed by atoms with E-state index in [9.17, 15) is 9.59 Å². The first kappa shape index (κ1) is 15.2. The summed E-state index contributed by atoms with van der Waals surface area (Å²) in [7, 11) is 0. The molecule has 0 radical (unpaired) electrons. The minimum absolute atomic E-state index is 0.0283. The van der Waals surface area contributed by atoms with Crippen LogP contribution in [-0.4, -0.2) is 21.8 Å². The summed E-state index contributed by atoms with van der Waals surface area (Å²) in [5.74, 6) is 1.31. The first-order valence-electron chi connectivity index (χ1n) is 7.82. The lowest BCUT2D eigenvalue weighted by Crippen LogP contribution is -2.40. The molecular formula is C17H16ClN3O3. The molecule has 24 heavy (non-hydrogen) atoms. The van der Waals surface area contributed by atoms with Crippen molar-refractivity contribution in [1.29, 1.82) is 0 Å². The summed E-state index contributed by atoms with van der Waals surface area (Å²) in [5, 5.41) is 3.33. The maximum Gasteiger partial charge on any atom is 0.325 e. The molecule has 2 fully saturated rings. The van der Waals surface area contributed by atoms with Crippen molar-refractivity contribution in [3.63, 3.8) is 0 Å². The lowest BCUT2D eigenvalue weighted by atomic mass is 9.92. The summed E-state index contributed by atoms with van der Waals surface area (Å²) in [4.78, 5) is 30.4. The Hall–Kier alpha value is -2.34. The van der Waals surface area contributed by atoms with Crippen molar-refractivity contribution < 1.29 is 14.0 Å². The zero-order valence-electron chi connectivity index (χ0n) is 13.1. The van der Waals surface area contributed by atoms with Gasteiger partial charge in [-0.2, -0.15) is 0 Å². The van der Waals surface area contributed by atoms with Gasteiger partial charge in [0, 0.05) is 10.9 Å². The van der Waals surface area contributed by atoms with E-state index in [1.165, 1.54) is 0 Å². The maximum atomic E-state index is 12.8. The first-order valence-corrected chi connectivity index (χ1v) is 8.20. The van der Waals surface area contributed by atoms with Gasteiger partial charge in [-0.3, -0.25) is 9.69 Å². The number of hydrogen-bond acceptors (Lipinski definition) is 4. The highest BCUT2D eigenvalue weighted by molar-refractivity contribution is 6.30. The fourth-order valence-corrected chi connectivity index (χ4v) is 3.03. The van der Waals surface area contributed by atoms with Gasteiger partial charge in [0.25, 0.3) is 5.91 Å². The van der Waals surface area contributed by atoms with Gasteiger partial charge in [-0.05, 0) is 37.5 Å². The molecule has 1 atom stereocenters. The van der Waals surface area contributed by atoms with E-state index < -0.39 is 11.6 Å². The Balaban J connectivity index is 1.57. The third kappa shape index (κ3) is 2.47. The predicted octanol–water partition coefficient (Wildman–Crippen LogP) is 3.17. The Morgan fingerprint density at radius 3 is 2.71 bits per heavy atom. The Labute approximate surface area is 143 Å². The molecule has 2 heterocycles. The molecule has 4 rings (SSSR count). The highest BCUT2D eigenvalue weighted by Crippen LogP contribution is 2.40. The number of imide groups is 1. The zero-order chi connectivity index (χ0) is 16.9. The van der Waals surface area contributed by atoms with Crippen molar-refractivity contribution in [2.45, 2.75) is 37.8 Å². The summed E-state index contributed by atoms with van der Waals surface area (Å²) >= 11 is 5.89. The van der Waals surface area contributed by atoms with E-state index in [2.05, 4.69) is 10.3 Å². The van der Waals surface area contributed by atoms with Gasteiger partial charge in [0.15, 0.2) is 0 Å². The summed E-state index contributed by atoms with van der Waals surface area (Å²) in [6.45, 7) is 1.71. The zero-order valence-corrected chi connectivity index (χ0v) is 13.8. The summed E-state index contributed by atoms with van der Waals surface area (Å²) in [6.07, 6.45) is 3.89. The molecule has 3 amide bonds. The number of urea groups is 1. The molecule has 1 saturated carbocycles. The van der Waals surface area contributed by atoms with Gasteiger partial charge in [-0.25, -0.2) is 9.78 Å². The van der Waals surface area contributed by atoms with E-state index >= 15 is 0 Å². The summed E-state index contributed by atoms with van der Waals surface area (Å²) < 4.78 is 5.65. The van der Waals surface area contributed by atoms with Crippen LogP contribution in [0.4, 0.5) is 4.79 Å². The molecule has 1 aromatic heterocycles. The standard InChI is InChI=1S/C17H16ClN3O3/c1-17(11-4-6-12(18)7-5-11)15(22)21(16(23)20-17)9-14-19-8-13(24-14)10-2-3-10/h4-8,10H,2-3,9H2,1H3,(H,20,23). The molecule has 1 saturated heterocycles. The normalized spacial score (nSPS) is 23.7. The molecule has 1 aliphatic carbocycles. The van der Waals surface area contributed by atoms with Crippen molar-refractivity contribution in [2.75, 3.05) is 0 Å². The number of benzene rings is 1. The molecule has 1 aromatic carbocycles. The number of oxazole rings is 1. The quantitative estimate of drug-likeness (QED) is 0.863. The van der Waals surface area contributed by atoms with E-state index in [1.807, 2.05) is 0 Å². The fraction of sp³-hybridized carbons (Fsp3) is 0.353. The minimum atomic E-state index is -1.12. The van der Waals surface area contributed by atoms with Gasteiger partial charge >= 0.3 is 6.03 Å². The molecule has 1 N–H and O–H groups in total. The van der Waals surface area contributed by atoms with Crippen LogP contribution in [0.2, 0.25) is 5.02 Å². The second-order valence-electron chi connectivity index (χ2n) is 6.38. The van der Waals surface area contributed by atoms with Crippen LogP contribution in [0, 0.1) is 0 Å². The highest BCUT2D eigenvalue weighted by atomic mass is 35.5. The molecule has 2 aliphatic rings. The molecule has 7 heteroatoms. The van der Waals surface area contributed by atoms with E-state index in [4.69, 9.17) is 16.0 Å². The lowest BCUT2D eigenvalue weighted by molar-refractivity contribution is -0.131. The van der Waals surface area contributed by atoms with Crippen molar-refractivity contribution >= 4 is 23.5 Å². The van der Waals surface area contributed by atoms with Crippen LogP contribution >= 0.6 is 11.6 Å². The molecule has 1 unspecified atom stereocenters. The van der Waals surface area contributed by atoms with E-state index in [0.29, 0.717) is 22.4 Å². The largest absolute Gasteiger partial charge is 0.443 e. The number of nitrogens with one attached hydrogen (secondary N) is 1. The highest BCUT2D eigenvalue weighted by Gasteiger charge is 2.49. The molecule has 1 aliphatic heterocycles. The van der Waals surface area contributed by atoms with Crippen LogP contribution in [0.1, 0.15) is 42.9 Å². The Kier molecular flexibility index (Phi) is 3.38. The number of nitrogens with zero attached hydrogens (tertiary/aromatic N) is 2. The van der Waals surface area contributed by atoms with Crippen molar-refractivity contribution in [3.8, 4) is 0 Å². The van der Waals surface area contributed by atoms with Gasteiger partial charge < -0.3 is 9.73 Å².